The maximum Gasteiger partial charge on any atom is 0.195 e. The molecule has 0 aromatic carbocycles. The number of aryl methyl sites for hydroxylation is 1. The highest BCUT2D eigenvalue weighted by atomic mass is 32.1. The van der Waals surface area contributed by atoms with Crippen LogP contribution in [0, 0.1) is 10.7 Å². The van der Waals surface area contributed by atoms with E-state index in [2.05, 4.69) is 33.6 Å². The standard InChI is InChI=1S/C12H22N4S/c1-3-5-11-13-14-12(17)16(11)9-10-6-4-7-15(2)8-10/h10H,3-9H2,1-2H3,(H,14,17). The van der Waals surface area contributed by atoms with Crippen molar-refractivity contribution in [2.45, 2.75) is 39.2 Å². The van der Waals surface area contributed by atoms with Gasteiger partial charge in [-0.3, -0.25) is 5.10 Å². The molecule has 2 heterocycles. The first kappa shape index (κ1) is 12.8. The maximum atomic E-state index is 5.32. The maximum absolute atomic E-state index is 5.32. The molecular weight excluding hydrogens is 232 g/mol. The van der Waals surface area contributed by atoms with Gasteiger partial charge in [-0.25, -0.2) is 0 Å². The summed E-state index contributed by atoms with van der Waals surface area (Å²) in [7, 11) is 2.20. The van der Waals surface area contributed by atoms with Crippen molar-refractivity contribution in [1.29, 1.82) is 0 Å². The smallest absolute Gasteiger partial charge is 0.195 e. The molecule has 0 aliphatic carbocycles. The summed E-state index contributed by atoms with van der Waals surface area (Å²) in [4.78, 5) is 2.41. The number of nitrogens with zero attached hydrogens (tertiary/aromatic N) is 3. The second kappa shape index (κ2) is 5.78. The second-order valence-corrected chi connectivity index (χ2v) is 5.46. The number of nitrogens with one attached hydrogen (secondary N) is 1. The van der Waals surface area contributed by atoms with E-state index in [0.29, 0.717) is 5.92 Å². The molecule has 1 aliphatic rings. The van der Waals surface area contributed by atoms with Crippen LogP contribution in [0.25, 0.3) is 0 Å². The minimum absolute atomic E-state index is 0.716. The minimum Gasteiger partial charge on any atom is -0.306 e. The Morgan fingerprint density at radius 3 is 3.06 bits per heavy atom. The van der Waals surface area contributed by atoms with Gasteiger partial charge in [-0.05, 0) is 51.0 Å². The van der Waals surface area contributed by atoms with Crippen LogP contribution in [0.1, 0.15) is 32.0 Å². The molecule has 1 aromatic heterocycles. The molecule has 0 amide bonds. The van der Waals surface area contributed by atoms with Gasteiger partial charge in [0.1, 0.15) is 5.82 Å². The lowest BCUT2D eigenvalue weighted by Gasteiger charge is -2.30. The SMILES string of the molecule is CCCc1n[nH]c(=S)n1CC1CCCN(C)C1. The number of hydrogen-bond acceptors (Lipinski definition) is 3. The van der Waals surface area contributed by atoms with E-state index >= 15 is 0 Å². The Hall–Kier alpha value is -0.680. The molecule has 1 unspecified atom stereocenters. The van der Waals surface area contributed by atoms with Crippen LogP contribution in [-0.4, -0.2) is 39.8 Å². The summed E-state index contributed by atoms with van der Waals surface area (Å²) in [5.74, 6) is 1.83. The second-order valence-electron chi connectivity index (χ2n) is 5.08. The average Bonchev–Trinajstić information content (AvgIpc) is 2.62. The summed E-state index contributed by atoms with van der Waals surface area (Å²) in [6.45, 7) is 5.61. The van der Waals surface area contributed by atoms with Crippen LogP contribution in [-0.2, 0) is 13.0 Å². The molecule has 1 aliphatic heterocycles. The lowest BCUT2D eigenvalue weighted by Crippen LogP contribution is -2.34. The molecule has 0 saturated carbocycles. The van der Waals surface area contributed by atoms with E-state index < -0.39 is 0 Å². The fourth-order valence-corrected chi connectivity index (χ4v) is 2.86. The van der Waals surface area contributed by atoms with Crippen LogP contribution in [0.3, 0.4) is 0 Å². The minimum atomic E-state index is 0.716. The van der Waals surface area contributed by atoms with Gasteiger partial charge in [0.2, 0.25) is 0 Å². The molecule has 96 valence electrons. The topological polar surface area (TPSA) is 36.9 Å². The van der Waals surface area contributed by atoms with Crippen molar-refractivity contribution in [1.82, 2.24) is 19.7 Å². The van der Waals surface area contributed by atoms with E-state index in [9.17, 15) is 0 Å². The van der Waals surface area contributed by atoms with Crippen molar-refractivity contribution in [3.05, 3.63) is 10.6 Å². The molecule has 0 bridgehead atoms. The molecule has 1 saturated heterocycles. The fraction of sp³-hybridized carbons (Fsp3) is 0.833. The Kier molecular flexibility index (Phi) is 4.34. The van der Waals surface area contributed by atoms with E-state index in [0.717, 1.165) is 30.0 Å². The number of H-pyrrole nitrogens is 1. The summed E-state index contributed by atoms with van der Waals surface area (Å²) in [5.41, 5.74) is 0. The van der Waals surface area contributed by atoms with Gasteiger partial charge in [-0.2, -0.15) is 5.10 Å². The van der Waals surface area contributed by atoms with Gasteiger partial charge in [0, 0.05) is 19.5 Å². The molecule has 17 heavy (non-hydrogen) atoms. The first-order chi connectivity index (χ1) is 8.20. The lowest BCUT2D eigenvalue weighted by atomic mass is 9.98. The van der Waals surface area contributed by atoms with Gasteiger partial charge in [0.25, 0.3) is 0 Å². The van der Waals surface area contributed by atoms with Crippen molar-refractivity contribution in [2.24, 2.45) is 5.92 Å². The summed E-state index contributed by atoms with van der Waals surface area (Å²) in [6, 6.07) is 0. The fourth-order valence-electron chi connectivity index (χ4n) is 2.63. The molecule has 5 heteroatoms. The van der Waals surface area contributed by atoms with Crippen LogP contribution in [0.5, 0.6) is 0 Å². The van der Waals surface area contributed by atoms with Gasteiger partial charge in [0.05, 0.1) is 0 Å². The third-order valence-electron chi connectivity index (χ3n) is 3.47. The van der Waals surface area contributed by atoms with Gasteiger partial charge in [-0.1, -0.05) is 6.92 Å². The molecule has 1 aromatic rings. The molecule has 0 radical (unpaired) electrons. The van der Waals surface area contributed by atoms with Crippen molar-refractivity contribution in [2.75, 3.05) is 20.1 Å². The van der Waals surface area contributed by atoms with Crippen molar-refractivity contribution in [3.63, 3.8) is 0 Å². The zero-order valence-corrected chi connectivity index (χ0v) is 11.6. The third kappa shape index (κ3) is 3.16. The number of likely N-dealkylation sites (tertiary alicyclic amines) is 1. The Morgan fingerprint density at radius 1 is 1.53 bits per heavy atom. The number of hydrogen-bond donors (Lipinski definition) is 1. The van der Waals surface area contributed by atoms with E-state index in [1.807, 2.05) is 0 Å². The Labute approximate surface area is 108 Å². The van der Waals surface area contributed by atoms with Gasteiger partial charge < -0.3 is 9.47 Å². The van der Waals surface area contributed by atoms with Gasteiger partial charge >= 0.3 is 0 Å². The molecular formula is C12H22N4S. The lowest BCUT2D eigenvalue weighted by molar-refractivity contribution is 0.193. The van der Waals surface area contributed by atoms with Crippen molar-refractivity contribution in [3.8, 4) is 0 Å². The Morgan fingerprint density at radius 2 is 2.35 bits per heavy atom. The van der Waals surface area contributed by atoms with Crippen LogP contribution in [0.2, 0.25) is 0 Å². The van der Waals surface area contributed by atoms with E-state index in [1.54, 1.807) is 0 Å². The normalized spacial score (nSPS) is 21.9. The Bertz CT molecular complexity index is 409. The number of aromatic nitrogens is 3. The van der Waals surface area contributed by atoms with Crippen LogP contribution in [0.15, 0.2) is 0 Å². The zero-order chi connectivity index (χ0) is 12.3. The van der Waals surface area contributed by atoms with Crippen LogP contribution < -0.4 is 0 Å². The highest BCUT2D eigenvalue weighted by Gasteiger charge is 2.19. The summed E-state index contributed by atoms with van der Waals surface area (Å²) < 4.78 is 2.98. The third-order valence-corrected chi connectivity index (χ3v) is 3.79. The van der Waals surface area contributed by atoms with Gasteiger partial charge in [-0.15, -0.1) is 0 Å². The number of rotatable bonds is 4. The zero-order valence-electron chi connectivity index (χ0n) is 10.8. The van der Waals surface area contributed by atoms with Crippen LogP contribution >= 0.6 is 12.2 Å². The van der Waals surface area contributed by atoms with E-state index in [-0.39, 0.29) is 0 Å². The molecule has 4 nitrogen and oxygen atoms in total. The average molecular weight is 254 g/mol. The predicted molar refractivity (Wildman–Crippen MR) is 71.6 cm³/mol. The van der Waals surface area contributed by atoms with E-state index in [1.165, 1.54) is 25.9 Å². The van der Waals surface area contributed by atoms with E-state index in [4.69, 9.17) is 12.2 Å². The number of aromatic amines is 1. The molecule has 1 atom stereocenters. The summed E-state index contributed by atoms with van der Waals surface area (Å²) in [5, 5.41) is 7.25. The Balaban J connectivity index is 2.06. The first-order valence-corrected chi connectivity index (χ1v) is 6.94. The number of piperidine rings is 1. The summed E-state index contributed by atoms with van der Waals surface area (Å²) >= 11 is 5.32. The summed E-state index contributed by atoms with van der Waals surface area (Å²) in [6.07, 6.45) is 4.73. The largest absolute Gasteiger partial charge is 0.306 e. The monoisotopic (exact) mass is 254 g/mol. The molecule has 1 N–H and O–H groups in total. The van der Waals surface area contributed by atoms with Crippen molar-refractivity contribution >= 4 is 12.2 Å². The van der Waals surface area contributed by atoms with Crippen molar-refractivity contribution < 1.29 is 0 Å². The quantitative estimate of drug-likeness (QED) is 0.837. The predicted octanol–water partition coefficient (Wildman–Crippen LogP) is 2.23. The molecule has 1 fully saturated rings. The first-order valence-electron chi connectivity index (χ1n) is 6.53. The molecule has 2 rings (SSSR count). The highest BCUT2D eigenvalue weighted by Crippen LogP contribution is 2.18. The van der Waals surface area contributed by atoms with Gasteiger partial charge in [0.15, 0.2) is 4.77 Å². The van der Waals surface area contributed by atoms with Crippen LogP contribution in [0.4, 0.5) is 0 Å². The molecule has 0 spiro atoms. The highest BCUT2D eigenvalue weighted by molar-refractivity contribution is 7.71.